The first-order valence-electron chi connectivity index (χ1n) is 15.7. The summed E-state index contributed by atoms with van der Waals surface area (Å²) in [5, 5.41) is 0. The van der Waals surface area contributed by atoms with Gasteiger partial charge in [-0.2, -0.15) is 0 Å². The third kappa shape index (κ3) is 7.60. The Morgan fingerprint density at radius 1 is 0.829 bits per heavy atom. The van der Waals surface area contributed by atoms with Gasteiger partial charge in [-0.25, -0.2) is 0 Å². The minimum absolute atomic E-state index is 0.383. The van der Waals surface area contributed by atoms with Gasteiger partial charge in [-0.3, -0.25) is 4.99 Å². The van der Waals surface area contributed by atoms with Crippen molar-refractivity contribution >= 4 is 5.71 Å². The highest BCUT2D eigenvalue weighted by molar-refractivity contribution is 6.03. The Labute approximate surface area is 222 Å². The molecule has 1 nitrogen and oxygen atoms in total. The van der Waals surface area contributed by atoms with Crippen molar-refractivity contribution in [3.8, 4) is 0 Å². The van der Waals surface area contributed by atoms with E-state index < -0.39 is 0 Å². The highest BCUT2D eigenvalue weighted by Gasteiger charge is 2.51. The summed E-state index contributed by atoms with van der Waals surface area (Å²) in [6.07, 6.45) is 11.0. The number of nitrogens with zero attached hydrogens (tertiary/aromatic N) is 1. The minimum atomic E-state index is 0.383. The molecule has 0 spiro atoms. The number of aliphatic imine (C=N–C) groups is 1. The number of hydrogen-bond donors (Lipinski definition) is 0. The molecule has 1 fully saturated rings. The first-order valence-corrected chi connectivity index (χ1v) is 15.7. The summed E-state index contributed by atoms with van der Waals surface area (Å²) in [4.78, 5) is 5.07. The summed E-state index contributed by atoms with van der Waals surface area (Å²) < 4.78 is 0. The molecule has 7 unspecified atom stereocenters. The van der Waals surface area contributed by atoms with Crippen LogP contribution in [0, 0.1) is 64.1 Å². The Morgan fingerprint density at radius 2 is 1.43 bits per heavy atom. The Morgan fingerprint density at radius 3 is 1.94 bits per heavy atom. The molecule has 1 aliphatic carbocycles. The van der Waals surface area contributed by atoms with Crippen LogP contribution in [0.3, 0.4) is 0 Å². The molecule has 0 radical (unpaired) electrons. The molecule has 0 amide bonds. The molecule has 1 saturated carbocycles. The second-order valence-corrected chi connectivity index (χ2v) is 15.4. The summed E-state index contributed by atoms with van der Waals surface area (Å²) in [6.45, 7) is 32.2. The van der Waals surface area contributed by atoms with E-state index in [4.69, 9.17) is 4.99 Å². The molecule has 0 aromatic carbocycles. The largest absolute Gasteiger partial charge is 0.282 e. The van der Waals surface area contributed by atoms with E-state index >= 15 is 0 Å². The molecule has 0 saturated heterocycles. The SMILES string of the molecule is CCC(C)C1CC(CCC(C)(C)C(C)(C)CCCCC(C(C)C)C(C)C(C)C)C(C(C)C)C2N=C12. The molecule has 0 N–H and O–H groups in total. The van der Waals surface area contributed by atoms with Gasteiger partial charge in [0.1, 0.15) is 0 Å². The average molecular weight is 488 g/mol. The summed E-state index contributed by atoms with van der Waals surface area (Å²) in [5.74, 6) is 7.27. The molecule has 2 aliphatic rings. The van der Waals surface area contributed by atoms with Gasteiger partial charge in [0.25, 0.3) is 0 Å². The van der Waals surface area contributed by atoms with E-state index in [0.717, 1.165) is 53.3 Å². The van der Waals surface area contributed by atoms with Gasteiger partial charge < -0.3 is 0 Å². The lowest BCUT2D eigenvalue weighted by Crippen LogP contribution is -2.40. The molecule has 1 heteroatoms. The van der Waals surface area contributed by atoms with Crippen molar-refractivity contribution in [2.45, 2.75) is 147 Å². The van der Waals surface area contributed by atoms with Crippen LogP contribution in [-0.2, 0) is 0 Å². The van der Waals surface area contributed by atoms with Crippen molar-refractivity contribution in [2.75, 3.05) is 0 Å². The lowest BCUT2D eigenvalue weighted by Gasteiger charge is -2.45. The van der Waals surface area contributed by atoms with Crippen LogP contribution in [0.4, 0.5) is 0 Å². The van der Waals surface area contributed by atoms with Crippen LogP contribution in [0.15, 0.2) is 4.99 Å². The number of hydrogen-bond acceptors (Lipinski definition) is 1. The van der Waals surface area contributed by atoms with Crippen LogP contribution < -0.4 is 0 Å². The number of rotatable bonds is 15. The third-order valence-electron chi connectivity index (χ3n) is 11.6. The molecular weight excluding hydrogens is 422 g/mol. The van der Waals surface area contributed by atoms with Crippen molar-refractivity contribution in [3.05, 3.63) is 0 Å². The predicted molar refractivity (Wildman–Crippen MR) is 158 cm³/mol. The van der Waals surface area contributed by atoms with Gasteiger partial charge >= 0.3 is 0 Å². The smallest absolute Gasteiger partial charge is 0.0912 e. The first kappa shape index (κ1) is 30.9. The van der Waals surface area contributed by atoms with Gasteiger partial charge in [0.2, 0.25) is 0 Å². The maximum absolute atomic E-state index is 5.07. The fraction of sp³-hybridized carbons (Fsp3) is 0.971. The van der Waals surface area contributed by atoms with Crippen LogP contribution in [0.1, 0.15) is 141 Å². The van der Waals surface area contributed by atoms with Crippen LogP contribution in [-0.4, -0.2) is 11.8 Å². The Hall–Kier alpha value is -0.330. The number of fused-ring (bicyclic) bond motifs is 1. The highest BCUT2D eigenvalue weighted by atomic mass is 15.0. The second-order valence-electron chi connectivity index (χ2n) is 15.4. The van der Waals surface area contributed by atoms with Crippen LogP contribution in [0.25, 0.3) is 0 Å². The molecule has 206 valence electrons. The highest BCUT2D eigenvalue weighted by Crippen LogP contribution is 2.52. The standard InChI is InChI=1S/C34H65N/c1-14-25(8)29-21-27(30(24(6)7)32-31(29)35-32)18-20-34(12,13)33(10,11)19-16-15-17-28(23(4)5)26(9)22(2)3/h22-30,32H,14-21H2,1-13H3. The van der Waals surface area contributed by atoms with Crippen LogP contribution in [0.2, 0.25) is 0 Å². The maximum atomic E-state index is 5.07. The zero-order chi connectivity index (χ0) is 26.7. The summed E-state index contributed by atoms with van der Waals surface area (Å²) >= 11 is 0. The Balaban J connectivity index is 1.93. The fourth-order valence-corrected chi connectivity index (χ4v) is 7.48. The van der Waals surface area contributed by atoms with Gasteiger partial charge in [0.05, 0.1) is 6.04 Å². The quantitative estimate of drug-likeness (QED) is 0.204. The Kier molecular flexibility index (Phi) is 11.0. The van der Waals surface area contributed by atoms with E-state index in [1.165, 1.54) is 51.4 Å². The molecular formula is C34H65N. The van der Waals surface area contributed by atoms with Crippen molar-refractivity contribution in [1.29, 1.82) is 0 Å². The predicted octanol–water partition coefficient (Wildman–Crippen LogP) is 10.7. The maximum Gasteiger partial charge on any atom is 0.0912 e. The normalized spacial score (nSPS) is 27.7. The minimum Gasteiger partial charge on any atom is -0.282 e. The zero-order valence-electron chi connectivity index (χ0n) is 26.4. The molecule has 0 aromatic rings. The van der Waals surface area contributed by atoms with Crippen LogP contribution in [0.5, 0.6) is 0 Å². The van der Waals surface area contributed by atoms with E-state index in [2.05, 4.69) is 90.0 Å². The zero-order valence-corrected chi connectivity index (χ0v) is 26.4. The van der Waals surface area contributed by atoms with Crippen molar-refractivity contribution < 1.29 is 0 Å². The molecule has 35 heavy (non-hydrogen) atoms. The molecule has 0 aromatic heterocycles. The fourth-order valence-electron chi connectivity index (χ4n) is 7.48. The van der Waals surface area contributed by atoms with Gasteiger partial charge in [0.15, 0.2) is 0 Å². The summed E-state index contributed by atoms with van der Waals surface area (Å²) in [5.41, 5.74) is 2.37. The van der Waals surface area contributed by atoms with E-state index in [1.54, 1.807) is 5.71 Å². The summed E-state index contributed by atoms with van der Waals surface area (Å²) in [7, 11) is 0. The van der Waals surface area contributed by atoms with Gasteiger partial charge in [-0.05, 0) is 90.3 Å². The molecule has 0 bridgehead atoms. The van der Waals surface area contributed by atoms with Crippen molar-refractivity contribution in [1.82, 2.24) is 0 Å². The topological polar surface area (TPSA) is 12.4 Å². The van der Waals surface area contributed by atoms with E-state index in [-0.39, 0.29) is 0 Å². The van der Waals surface area contributed by atoms with E-state index in [0.29, 0.717) is 16.9 Å². The second kappa shape index (κ2) is 12.5. The monoisotopic (exact) mass is 488 g/mol. The summed E-state index contributed by atoms with van der Waals surface area (Å²) in [6, 6.07) is 0.603. The molecule has 2 rings (SSSR count). The lowest BCUT2D eigenvalue weighted by atomic mass is 9.60. The van der Waals surface area contributed by atoms with Crippen molar-refractivity contribution in [3.63, 3.8) is 0 Å². The van der Waals surface area contributed by atoms with Gasteiger partial charge in [-0.15, -0.1) is 0 Å². The van der Waals surface area contributed by atoms with Gasteiger partial charge in [0, 0.05) is 11.6 Å². The van der Waals surface area contributed by atoms with E-state index in [9.17, 15) is 0 Å². The Bertz CT molecular complexity index is 666. The molecule has 7 atom stereocenters. The lowest BCUT2D eigenvalue weighted by molar-refractivity contribution is 0.0631. The molecule has 1 aliphatic heterocycles. The number of unbranched alkanes of at least 4 members (excludes halogenated alkanes) is 1. The molecule has 1 heterocycles. The average Bonchev–Trinajstić information content (AvgIpc) is 3.55. The first-order chi connectivity index (χ1) is 16.1. The van der Waals surface area contributed by atoms with Gasteiger partial charge in [-0.1, -0.05) is 109 Å². The third-order valence-corrected chi connectivity index (χ3v) is 11.6. The van der Waals surface area contributed by atoms with Crippen molar-refractivity contribution in [2.24, 2.45) is 69.1 Å². The van der Waals surface area contributed by atoms with Crippen LogP contribution >= 0.6 is 0 Å². The van der Waals surface area contributed by atoms with E-state index in [1.807, 2.05) is 0 Å².